The van der Waals surface area contributed by atoms with Crippen molar-refractivity contribution in [3.8, 4) is 0 Å². The zero-order chi connectivity index (χ0) is 28.7. The van der Waals surface area contributed by atoms with Gasteiger partial charge in [0.2, 0.25) is 0 Å². The van der Waals surface area contributed by atoms with Gasteiger partial charge in [-0.25, -0.2) is 0 Å². The quantitative estimate of drug-likeness (QED) is 0.344. The number of fused-ring (bicyclic) bond motifs is 5. The Morgan fingerprint density at radius 1 is 0.923 bits per heavy atom. The minimum absolute atomic E-state index is 0.0650. The maximum absolute atomic E-state index is 13.3. The molecular weight excluding hydrogens is 494 g/mol. The molecule has 0 bridgehead atoms. The van der Waals surface area contributed by atoms with E-state index in [1.807, 2.05) is 13.8 Å². The van der Waals surface area contributed by atoms with Crippen molar-refractivity contribution in [1.82, 2.24) is 0 Å². The average molecular weight is 546 g/mol. The van der Waals surface area contributed by atoms with Gasteiger partial charge in [-0.1, -0.05) is 27.7 Å². The number of hydrogen-bond donors (Lipinski definition) is 2. The number of nitrogens with two attached hydrogens (primary N) is 1. The summed E-state index contributed by atoms with van der Waals surface area (Å²) < 4.78 is 6.09. The highest BCUT2D eigenvalue weighted by molar-refractivity contribution is 5.90. The zero-order valence-electron chi connectivity index (χ0n) is 24.7. The Balaban J connectivity index is 1.39. The van der Waals surface area contributed by atoms with Gasteiger partial charge in [0, 0.05) is 12.3 Å². The van der Waals surface area contributed by atoms with Gasteiger partial charge in [-0.05, 0) is 112 Å². The molecule has 0 heterocycles. The average Bonchev–Trinajstić information content (AvgIpc) is 3.20. The Morgan fingerprint density at radius 2 is 1.59 bits per heavy atom. The number of aliphatic carboxylic acids is 1. The molecule has 4 saturated carbocycles. The van der Waals surface area contributed by atoms with Gasteiger partial charge >= 0.3 is 11.9 Å². The van der Waals surface area contributed by atoms with Crippen LogP contribution in [-0.4, -0.2) is 40.8 Å². The fourth-order valence-corrected chi connectivity index (χ4v) is 9.78. The fraction of sp³-hybridized carbons (Fsp3) is 0.875. The van der Waals surface area contributed by atoms with Crippen LogP contribution in [0.15, 0.2) is 0 Å². The molecule has 0 unspecified atom stereocenters. The van der Waals surface area contributed by atoms with Crippen LogP contribution >= 0.6 is 0 Å². The lowest BCUT2D eigenvalue weighted by Crippen LogP contribution is -2.54. The van der Waals surface area contributed by atoms with E-state index in [0.717, 1.165) is 38.5 Å². The molecule has 0 aromatic rings. The predicted octanol–water partition coefficient (Wildman–Crippen LogP) is 5.57. The molecule has 3 N–H and O–H groups in total. The number of carboxylic acid groups (broad SMARTS) is 1. The van der Waals surface area contributed by atoms with Crippen molar-refractivity contribution in [2.24, 2.45) is 58.0 Å². The summed E-state index contributed by atoms with van der Waals surface area (Å²) in [5.74, 6) is 0.927. The first kappa shape index (κ1) is 30.2. The summed E-state index contributed by atoms with van der Waals surface area (Å²) >= 11 is 0. The molecule has 0 amide bonds. The van der Waals surface area contributed by atoms with E-state index in [1.165, 1.54) is 19.3 Å². The Labute approximate surface area is 234 Å². The second kappa shape index (κ2) is 11.6. The van der Waals surface area contributed by atoms with Crippen LogP contribution in [-0.2, 0) is 23.9 Å². The van der Waals surface area contributed by atoms with Crippen LogP contribution in [0.2, 0.25) is 0 Å². The van der Waals surface area contributed by atoms with E-state index in [1.54, 1.807) is 6.92 Å². The third-order valence-electron chi connectivity index (χ3n) is 11.7. The molecule has 4 aliphatic carbocycles. The van der Waals surface area contributed by atoms with Gasteiger partial charge in [-0.2, -0.15) is 0 Å². The van der Waals surface area contributed by atoms with E-state index in [0.29, 0.717) is 35.9 Å². The van der Waals surface area contributed by atoms with Crippen LogP contribution in [0.1, 0.15) is 112 Å². The van der Waals surface area contributed by atoms with Crippen molar-refractivity contribution < 1.29 is 29.0 Å². The molecule has 0 aliphatic heterocycles. The maximum Gasteiger partial charge on any atom is 0.309 e. The topological polar surface area (TPSA) is 124 Å². The van der Waals surface area contributed by atoms with Gasteiger partial charge in [-0.15, -0.1) is 0 Å². The Bertz CT molecular complexity index is 962. The number of carbonyl (C=O) groups is 4. The molecule has 0 aromatic carbocycles. The second-order valence-corrected chi connectivity index (χ2v) is 14.5. The SMILES string of the molecule is CC(=O)[C@H]1CC[C@H]2[C@@H]3CC[C@H]4C[C@H](OC(=O)[C@@H](CC(=O)[C@@H](N)CC(=O)O)CC(C)C)CC[C@]4(C)[C@H]3CC[C@]12C. The van der Waals surface area contributed by atoms with Gasteiger partial charge in [0.15, 0.2) is 5.78 Å². The summed E-state index contributed by atoms with van der Waals surface area (Å²) in [6, 6.07) is -1.10. The molecule has 10 atom stereocenters. The molecule has 0 aromatic heterocycles. The molecule has 7 nitrogen and oxygen atoms in total. The van der Waals surface area contributed by atoms with Gasteiger partial charge in [0.25, 0.3) is 0 Å². The number of ketones is 2. The molecule has 4 rings (SSSR count). The van der Waals surface area contributed by atoms with E-state index in [-0.39, 0.29) is 41.2 Å². The van der Waals surface area contributed by atoms with Crippen LogP contribution in [0.3, 0.4) is 0 Å². The van der Waals surface area contributed by atoms with Crippen molar-refractivity contribution in [2.45, 2.75) is 124 Å². The summed E-state index contributed by atoms with van der Waals surface area (Å²) in [5.41, 5.74) is 6.20. The van der Waals surface area contributed by atoms with Crippen molar-refractivity contribution in [3.05, 3.63) is 0 Å². The van der Waals surface area contributed by atoms with Crippen LogP contribution in [0.25, 0.3) is 0 Å². The van der Waals surface area contributed by atoms with Crippen LogP contribution in [0, 0.1) is 52.3 Å². The highest BCUT2D eigenvalue weighted by Gasteiger charge is 2.61. The van der Waals surface area contributed by atoms with Crippen molar-refractivity contribution in [2.75, 3.05) is 0 Å². The fourth-order valence-electron chi connectivity index (χ4n) is 9.78. The van der Waals surface area contributed by atoms with Gasteiger partial charge in [-0.3, -0.25) is 19.2 Å². The normalized spacial score (nSPS) is 39.2. The number of rotatable bonds is 10. The molecule has 0 radical (unpaired) electrons. The summed E-state index contributed by atoms with van der Waals surface area (Å²) in [6.45, 7) is 10.7. The monoisotopic (exact) mass is 545 g/mol. The number of esters is 1. The van der Waals surface area contributed by atoms with E-state index in [2.05, 4.69) is 13.8 Å². The Hall–Kier alpha value is -1.76. The van der Waals surface area contributed by atoms with Gasteiger partial charge < -0.3 is 15.6 Å². The standard InChI is InChI=1S/C32H51NO6/c1-18(2)14-20(15-28(35)27(33)17-29(36)37)30(38)39-22-10-12-31(4)21(16-22)6-7-23-25-9-8-24(19(3)34)32(25,5)13-11-26(23)31/h18,20-27H,6-17,33H2,1-5H3,(H,36,37)/t20-,21+,22-,23+,24-,25+,26+,27+,31+,32-/m1/s1. The minimum atomic E-state index is -1.12. The van der Waals surface area contributed by atoms with E-state index >= 15 is 0 Å². The molecule has 0 spiro atoms. The van der Waals surface area contributed by atoms with Gasteiger partial charge in [0.1, 0.15) is 11.9 Å². The third-order valence-corrected chi connectivity index (χ3v) is 11.7. The molecule has 4 fully saturated rings. The molecule has 7 heteroatoms. The summed E-state index contributed by atoms with van der Waals surface area (Å²) in [5, 5.41) is 8.98. The number of ether oxygens (including phenoxy) is 1. The lowest BCUT2D eigenvalue weighted by Gasteiger charge is -2.61. The van der Waals surface area contributed by atoms with E-state index < -0.39 is 30.1 Å². The molecular formula is C32H51NO6. The highest BCUT2D eigenvalue weighted by Crippen LogP contribution is 2.67. The number of carbonyl (C=O) groups excluding carboxylic acids is 3. The molecule has 39 heavy (non-hydrogen) atoms. The van der Waals surface area contributed by atoms with Crippen LogP contribution in [0.4, 0.5) is 0 Å². The van der Waals surface area contributed by atoms with Crippen molar-refractivity contribution in [3.63, 3.8) is 0 Å². The number of hydrogen-bond acceptors (Lipinski definition) is 6. The molecule has 0 saturated heterocycles. The number of carboxylic acids is 1. The molecule has 4 aliphatic rings. The Kier molecular flexibility index (Phi) is 9.00. The zero-order valence-corrected chi connectivity index (χ0v) is 24.7. The first-order valence-corrected chi connectivity index (χ1v) is 15.5. The van der Waals surface area contributed by atoms with Gasteiger partial charge in [0.05, 0.1) is 18.4 Å². The van der Waals surface area contributed by atoms with Crippen LogP contribution in [0.5, 0.6) is 0 Å². The smallest absolute Gasteiger partial charge is 0.309 e. The van der Waals surface area contributed by atoms with Crippen molar-refractivity contribution in [1.29, 1.82) is 0 Å². The molecule has 220 valence electrons. The van der Waals surface area contributed by atoms with E-state index in [9.17, 15) is 19.2 Å². The predicted molar refractivity (Wildman–Crippen MR) is 149 cm³/mol. The second-order valence-electron chi connectivity index (χ2n) is 14.5. The minimum Gasteiger partial charge on any atom is -0.481 e. The lowest BCUT2D eigenvalue weighted by molar-refractivity contribution is -0.168. The van der Waals surface area contributed by atoms with Crippen LogP contribution < -0.4 is 5.73 Å². The lowest BCUT2D eigenvalue weighted by atomic mass is 9.44. The highest BCUT2D eigenvalue weighted by atomic mass is 16.5. The first-order chi connectivity index (χ1) is 18.3. The first-order valence-electron chi connectivity index (χ1n) is 15.5. The van der Waals surface area contributed by atoms with Crippen molar-refractivity contribution >= 4 is 23.5 Å². The maximum atomic E-state index is 13.3. The summed E-state index contributed by atoms with van der Waals surface area (Å²) in [7, 11) is 0. The summed E-state index contributed by atoms with van der Waals surface area (Å²) in [4.78, 5) is 49.3. The largest absolute Gasteiger partial charge is 0.481 e. The van der Waals surface area contributed by atoms with E-state index in [4.69, 9.17) is 15.6 Å². The third kappa shape index (κ3) is 5.99. The summed E-state index contributed by atoms with van der Waals surface area (Å²) in [6.07, 6.45) is 9.63. The Morgan fingerprint density at radius 3 is 2.23 bits per heavy atom. The number of Topliss-reactive ketones (excluding diaryl/α,β-unsaturated/α-hetero) is 2.